The van der Waals surface area contributed by atoms with Gasteiger partial charge in [-0.1, -0.05) is 6.07 Å². The number of aryl methyl sites for hydroxylation is 1. The van der Waals surface area contributed by atoms with Gasteiger partial charge in [-0.2, -0.15) is 4.31 Å². The number of sulfonamides is 1. The number of aliphatic hydroxyl groups excluding tert-OH is 1. The molecule has 0 saturated carbocycles. The summed E-state index contributed by atoms with van der Waals surface area (Å²) in [5, 5.41) is 9.24. The fraction of sp³-hybridized carbons (Fsp3) is 0.571. The molecule has 1 saturated heterocycles. The first-order valence-corrected chi connectivity index (χ1v) is 8.33. The molecule has 6 nitrogen and oxygen atoms in total. The van der Waals surface area contributed by atoms with E-state index in [1.165, 1.54) is 4.31 Å². The predicted molar refractivity (Wildman–Crippen MR) is 80.5 cm³/mol. The molecule has 7 heteroatoms. The average Bonchev–Trinajstić information content (AvgIpc) is 2.42. The normalized spacial score (nSPS) is 24.2. The molecule has 2 rings (SSSR count). The third-order valence-electron chi connectivity index (χ3n) is 3.80. The molecule has 1 heterocycles. The molecule has 1 aromatic carbocycles. The van der Waals surface area contributed by atoms with Crippen LogP contribution in [0.3, 0.4) is 0 Å². The summed E-state index contributed by atoms with van der Waals surface area (Å²) in [6, 6.07) is 3.42. The Bertz CT molecular complexity index is 630. The van der Waals surface area contributed by atoms with Crippen LogP contribution < -0.4 is 5.73 Å². The smallest absolute Gasteiger partial charge is 0.245 e. The quantitative estimate of drug-likeness (QED) is 0.799. The molecule has 118 valence electrons. The zero-order chi connectivity index (χ0) is 15.8. The molecule has 1 aromatic rings. The molecule has 0 aliphatic carbocycles. The Morgan fingerprint density at radius 1 is 1.38 bits per heavy atom. The number of rotatable bonds is 3. The van der Waals surface area contributed by atoms with Crippen LogP contribution in [0.4, 0.5) is 5.69 Å². The highest BCUT2D eigenvalue weighted by atomic mass is 32.2. The Hall–Kier alpha value is -1.15. The lowest BCUT2D eigenvalue weighted by atomic mass is 10.1. The zero-order valence-corrected chi connectivity index (χ0v) is 13.4. The highest BCUT2D eigenvalue weighted by molar-refractivity contribution is 7.89. The molecule has 0 amide bonds. The summed E-state index contributed by atoms with van der Waals surface area (Å²) < 4.78 is 32.6. The van der Waals surface area contributed by atoms with Crippen molar-refractivity contribution in [1.82, 2.24) is 4.31 Å². The molecule has 3 N–H and O–H groups in total. The number of hydrogen-bond donors (Lipinski definition) is 2. The monoisotopic (exact) mass is 314 g/mol. The van der Waals surface area contributed by atoms with Crippen molar-refractivity contribution in [3.8, 4) is 0 Å². The van der Waals surface area contributed by atoms with Crippen LogP contribution in [-0.2, 0) is 14.8 Å². The standard InChI is InChI=1S/C14H22N2O4S/c1-9-4-5-13(15)14(11(9)3)21(18,19)16-6-10(2)20-12(7-16)8-17/h4-5,10,12,17H,6-8,15H2,1-3H3. The number of nitrogen functional groups attached to an aromatic ring is 1. The number of hydrogen-bond acceptors (Lipinski definition) is 5. The highest BCUT2D eigenvalue weighted by Gasteiger charge is 2.35. The fourth-order valence-corrected chi connectivity index (χ4v) is 4.52. The molecular weight excluding hydrogens is 292 g/mol. The van der Waals surface area contributed by atoms with Crippen molar-refractivity contribution in [2.75, 3.05) is 25.4 Å². The van der Waals surface area contributed by atoms with Crippen LogP contribution in [-0.4, -0.2) is 49.7 Å². The van der Waals surface area contributed by atoms with E-state index in [1.807, 2.05) is 13.0 Å². The highest BCUT2D eigenvalue weighted by Crippen LogP contribution is 2.29. The average molecular weight is 314 g/mol. The van der Waals surface area contributed by atoms with Crippen molar-refractivity contribution in [3.63, 3.8) is 0 Å². The first kappa shape index (κ1) is 16.2. The van der Waals surface area contributed by atoms with Crippen molar-refractivity contribution in [2.45, 2.75) is 37.9 Å². The van der Waals surface area contributed by atoms with Crippen LogP contribution in [0.1, 0.15) is 18.1 Å². The van der Waals surface area contributed by atoms with Gasteiger partial charge in [-0.05, 0) is 38.0 Å². The van der Waals surface area contributed by atoms with Gasteiger partial charge in [0.05, 0.1) is 24.5 Å². The van der Waals surface area contributed by atoms with E-state index in [2.05, 4.69) is 0 Å². The summed E-state index contributed by atoms with van der Waals surface area (Å²) in [6.07, 6.45) is -0.771. The van der Waals surface area contributed by atoms with Crippen molar-refractivity contribution < 1.29 is 18.3 Å². The van der Waals surface area contributed by atoms with E-state index in [0.717, 1.165) is 5.56 Å². The minimum absolute atomic E-state index is 0.135. The minimum Gasteiger partial charge on any atom is -0.398 e. The maximum absolute atomic E-state index is 12.9. The maximum Gasteiger partial charge on any atom is 0.245 e. The first-order valence-electron chi connectivity index (χ1n) is 6.89. The Labute approximate surface area is 125 Å². The summed E-state index contributed by atoms with van der Waals surface area (Å²) in [6.45, 7) is 5.58. The molecular formula is C14H22N2O4S. The van der Waals surface area contributed by atoms with Gasteiger partial charge >= 0.3 is 0 Å². The molecule has 1 aliphatic rings. The van der Waals surface area contributed by atoms with E-state index < -0.39 is 16.1 Å². The lowest BCUT2D eigenvalue weighted by molar-refractivity contribution is -0.0750. The molecule has 0 spiro atoms. The number of morpholine rings is 1. The number of anilines is 1. The molecule has 0 bridgehead atoms. The van der Waals surface area contributed by atoms with Gasteiger partial charge in [0, 0.05) is 13.1 Å². The number of ether oxygens (including phenoxy) is 1. The van der Waals surface area contributed by atoms with Crippen molar-refractivity contribution in [2.24, 2.45) is 0 Å². The van der Waals surface area contributed by atoms with Crippen molar-refractivity contribution in [3.05, 3.63) is 23.3 Å². The minimum atomic E-state index is -3.70. The van der Waals surface area contributed by atoms with Gasteiger partial charge in [-0.3, -0.25) is 0 Å². The third kappa shape index (κ3) is 3.06. The van der Waals surface area contributed by atoms with Crippen molar-refractivity contribution in [1.29, 1.82) is 0 Å². The molecule has 0 aromatic heterocycles. The van der Waals surface area contributed by atoms with Crippen molar-refractivity contribution >= 4 is 15.7 Å². The van der Waals surface area contributed by atoms with Gasteiger partial charge in [0.15, 0.2) is 0 Å². The van der Waals surface area contributed by atoms with Crippen LogP contribution in [0.5, 0.6) is 0 Å². The SMILES string of the molecule is Cc1ccc(N)c(S(=O)(=O)N2CC(C)OC(CO)C2)c1C. The number of aliphatic hydroxyl groups is 1. The van der Waals surface area contributed by atoms with Crippen LogP contribution in [0.25, 0.3) is 0 Å². The predicted octanol–water partition coefficient (Wildman–Crippen LogP) is 0.656. The second-order valence-corrected chi connectivity index (χ2v) is 7.37. The summed E-state index contributed by atoms with van der Waals surface area (Å²) >= 11 is 0. The molecule has 21 heavy (non-hydrogen) atoms. The third-order valence-corrected chi connectivity index (χ3v) is 5.84. The van der Waals surface area contributed by atoms with E-state index in [-0.39, 0.29) is 36.4 Å². The van der Waals surface area contributed by atoms with Gasteiger partial charge in [-0.15, -0.1) is 0 Å². The van der Waals surface area contributed by atoms with Gasteiger partial charge in [0.2, 0.25) is 10.0 Å². The maximum atomic E-state index is 12.9. The largest absolute Gasteiger partial charge is 0.398 e. The van der Waals surface area contributed by atoms with Gasteiger partial charge in [-0.25, -0.2) is 8.42 Å². The Morgan fingerprint density at radius 3 is 2.67 bits per heavy atom. The summed E-state index contributed by atoms with van der Waals surface area (Å²) in [4.78, 5) is 0.160. The Morgan fingerprint density at radius 2 is 2.05 bits per heavy atom. The topological polar surface area (TPSA) is 92.9 Å². The van der Waals surface area contributed by atoms with E-state index in [4.69, 9.17) is 10.5 Å². The fourth-order valence-electron chi connectivity index (χ4n) is 2.58. The van der Waals surface area contributed by atoms with Crippen LogP contribution in [0.2, 0.25) is 0 Å². The van der Waals surface area contributed by atoms with Gasteiger partial charge < -0.3 is 15.6 Å². The molecule has 0 radical (unpaired) electrons. The second-order valence-electron chi connectivity index (χ2n) is 5.50. The molecule has 2 atom stereocenters. The first-order chi connectivity index (χ1) is 9.77. The van der Waals surface area contributed by atoms with E-state index in [1.54, 1.807) is 19.9 Å². The second kappa shape index (κ2) is 5.92. The molecule has 1 aliphatic heterocycles. The lowest BCUT2D eigenvalue weighted by Gasteiger charge is -2.35. The number of nitrogens with two attached hydrogens (primary N) is 1. The zero-order valence-electron chi connectivity index (χ0n) is 12.5. The number of nitrogens with zero attached hydrogens (tertiary/aromatic N) is 1. The van der Waals surface area contributed by atoms with E-state index >= 15 is 0 Å². The summed E-state index contributed by atoms with van der Waals surface area (Å²) in [5.41, 5.74) is 7.69. The molecule has 2 unspecified atom stereocenters. The number of benzene rings is 1. The van der Waals surface area contributed by atoms with Gasteiger partial charge in [0.1, 0.15) is 4.90 Å². The van der Waals surface area contributed by atoms with Crippen LogP contribution >= 0.6 is 0 Å². The molecule has 1 fully saturated rings. The Balaban J connectivity index is 2.45. The summed E-state index contributed by atoms with van der Waals surface area (Å²) in [7, 11) is -3.70. The van der Waals surface area contributed by atoms with Crippen LogP contribution in [0, 0.1) is 13.8 Å². The van der Waals surface area contributed by atoms with E-state index in [0.29, 0.717) is 5.56 Å². The van der Waals surface area contributed by atoms with E-state index in [9.17, 15) is 13.5 Å². The summed E-state index contributed by atoms with van der Waals surface area (Å²) in [5.74, 6) is 0. The van der Waals surface area contributed by atoms with Crippen LogP contribution in [0.15, 0.2) is 17.0 Å². The Kier molecular flexibility index (Phi) is 4.57. The van der Waals surface area contributed by atoms with Gasteiger partial charge in [0.25, 0.3) is 0 Å². The lowest BCUT2D eigenvalue weighted by Crippen LogP contribution is -2.50.